The third kappa shape index (κ3) is 5.06. The number of aromatic nitrogens is 3. The average molecular weight is 395 g/mol. The van der Waals surface area contributed by atoms with Crippen LogP contribution in [0, 0.1) is 6.92 Å². The van der Waals surface area contributed by atoms with Gasteiger partial charge >= 0.3 is 5.97 Å². The molecule has 148 valence electrons. The first-order chi connectivity index (χ1) is 12.5. The van der Waals surface area contributed by atoms with Crippen molar-refractivity contribution in [3.8, 4) is 0 Å². The summed E-state index contributed by atoms with van der Waals surface area (Å²) < 4.78 is 6.59. The molecule has 2 aromatic rings. The molecular weight excluding hydrogens is 368 g/mol. The van der Waals surface area contributed by atoms with Gasteiger partial charge in [-0.3, -0.25) is 4.79 Å². The summed E-state index contributed by atoms with van der Waals surface area (Å²) in [6.07, 6.45) is 1.66. The summed E-state index contributed by atoms with van der Waals surface area (Å²) in [5, 5.41) is 14.7. The third-order valence-electron chi connectivity index (χ3n) is 5.09. The number of carbonyl (C=O) groups excluding carboxylic acids is 1. The van der Waals surface area contributed by atoms with Gasteiger partial charge in [0.1, 0.15) is 12.2 Å². The van der Waals surface area contributed by atoms with Gasteiger partial charge in [0.15, 0.2) is 5.82 Å². The summed E-state index contributed by atoms with van der Waals surface area (Å²) in [6, 6.07) is 7.94. The van der Waals surface area contributed by atoms with E-state index in [1.807, 2.05) is 16.8 Å². The van der Waals surface area contributed by atoms with Gasteiger partial charge in [0.25, 0.3) is 0 Å². The van der Waals surface area contributed by atoms with Crippen molar-refractivity contribution in [1.29, 1.82) is 0 Å². The van der Waals surface area contributed by atoms with Crippen LogP contribution in [0.2, 0.25) is 0 Å². The molecule has 0 radical (unpaired) electrons. The van der Waals surface area contributed by atoms with E-state index in [0.29, 0.717) is 18.8 Å². The van der Waals surface area contributed by atoms with Crippen molar-refractivity contribution in [1.82, 2.24) is 14.8 Å². The molecule has 3 rings (SSSR count). The van der Waals surface area contributed by atoms with Gasteiger partial charge in [-0.1, -0.05) is 24.3 Å². The molecule has 0 bridgehead atoms. The van der Waals surface area contributed by atoms with Gasteiger partial charge in [-0.15, -0.1) is 12.4 Å². The molecule has 3 N–H and O–H groups in total. The van der Waals surface area contributed by atoms with Crippen molar-refractivity contribution in [2.24, 2.45) is 5.73 Å². The zero-order chi connectivity index (χ0) is 18.7. The van der Waals surface area contributed by atoms with Gasteiger partial charge in [-0.25, -0.2) is 9.67 Å². The van der Waals surface area contributed by atoms with Crippen LogP contribution in [-0.2, 0) is 22.5 Å². The van der Waals surface area contributed by atoms with Crippen LogP contribution in [-0.4, -0.2) is 45.1 Å². The highest BCUT2D eigenvalue weighted by atomic mass is 35.5. The van der Waals surface area contributed by atoms with Crippen LogP contribution in [0.3, 0.4) is 0 Å². The predicted octanol–water partition coefficient (Wildman–Crippen LogP) is 1.73. The standard InChI is InChI=1S/C19H26N4O3.ClH/c1-12-5-3-4-6-14(12)11-23-19(13-7-8-15(20)16(24)9-13)21-17(22-23)10-18(25)26-2;/h3-6,13,15-16,24H,7-11,20H2,1-2H3;1H/t13-,15+,16+;/m0./s1. The number of carbonyl (C=O) groups is 1. The Hall–Kier alpha value is -1.96. The monoisotopic (exact) mass is 394 g/mol. The van der Waals surface area contributed by atoms with E-state index in [9.17, 15) is 9.90 Å². The van der Waals surface area contributed by atoms with Gasteiger partial charge in [-0.05, 0) is 37.3 Å². The number of aryl methyl sites for hydroxylation is 1. The Morgan fingerprint density at radius 3 is 2.78 bits per heavy atom. The van der Waals surface area contributed by atoms with Crippen LogP contribution in [0.1, 0.15) is 48.0 Å². The molecule has 1 heterocycles. The number of hydrogen-bond donors (Lipinski definition) is 2. The summed E-state index contributed by atoms with van der Waals surface area (Å²) in [5.41, 5.74) is 8.26. The molecule has 1 aliphatic carbocycles. The maximum atomic E-state index is 11.6. The first kappa shape index (κ1) is 21.3. The molecular formula is C19H27ClN4O3. The summed E-state index contributed by atoms with van der Waals surface area (Å²) in [5.74, 6) is 0.964. The lowest BCUT2D eigenvalue weighted by molar-refractivity contribution is -0.139. The lowest BCUT2D eigenvalue weighted by Gasteiger charge is -2.30. The SMILES string of the molecule is COC(=O)Cc1nc([C@H]2CC[C@@H](N)[C@H](O)C2)n(Cc2ccccc2C)n1.Cl. The molecule has 1 saturated carbocycles. The second kappa shape index (κ2) is 9.30. The van der Waals surface area contributed by atoms with Gasteiger partial charge in [0.05, 0.1) is 19.8 Å². The second-order valence-corrected chi connectivity index (χ2v) is 6.96. The lowest BCUT2D eigenvalue weighted by Crippen LogP contribution is -2.40. The number of benzene rings is 1. The summed E-state index contributed by atoms with van der Waals surface area (Å²) in [4.78, 5) is 16.2. The van der Waals surface area contributed by atoms with E-state index in [2.05, 4.69) is 29.1 Å². The van der Waals surface area contributed by atoms with Crippen molar-refractivity contribution >= 4 is 18.4 Å². The quantitative estimate of drug-likeness (QED) is 0.748. The number of aliphatic hydroxyl groups excluding tert-OH is 1. The number of methoxy groups -OCH3 is 1. The van der Waals surface area contributed by atoms with Crippen LogP contribution in [0.5, 0.6) is 0 Å². The van der Waals surface area contributed by atoms with Crippen LogP contribution >= 0.6 is 12.4 Å². The summed E-state index contributed by atoms with van der Waals surface area (Å²) in [6.45, 7) is 2.64. The first-order valence-electron chi connectivity index (χ1n) is 8.96. The number of hydrogen-bond acceptors (Lipinski definition) is 6. The molecule has 8 heteroatoms. The Balaban J connectivity index is 0.00000261. The highest BCUT2D eigenvalue weighted by molar-refractivity contribution is 5.85. The average Bonchev–Trinajstić information content (AvgIpc) is 3.01. The molecule has 3 atom stereocenters. The largest absolute Gasteiger partial charge is 0.469 e. The Kier molecular flexibility index (Phi) is 7.35. The van der Waals surface area contributed by atoms with Crippen LogP contribution in [0.15, 0.2) is 24.3 Å². The molecule has 0 spiro atoms. The number of ether oxygens (including phenoxy) is 1. The fraction of sp³-hybridized carbons (Fsp3) is 0.526. The predicted molar refractivity (Wildman–Crippen MR) is 104 cm³/mol. The van der Waals surface area contributed by atoms with Crippen molar-refractivity contribution in [2.45, 2.75) is 57.2 Å². The smallest absolute Gasteiger partial charge is 0.313 e. The van der Waals surface area contributed by atoms with Crippen molar-refractivity contribution in [3.63, 3.8) is 0 Å². The molecule has 27 heavy (non-hydrogen) atoms. The highest BCUT2D eigenvalue weighted by Gasteiger charge is 2.31. The maximum Gasteiger partial charge on any atom is 0.313 e. The Labute approximate surface area is 165 Å². The molecule has 0 aliphatic heterocycles. The minimum Gasteiger partial charge on any atom is -0.469 e. The lowest BCUT2D eigenvalue weighted by atomic mass is 9.84. The fourth-order valence-corrected chi connectivity index (χ4v) is 3.45. The van der Waals surface area contributed by atoms with E-state index in [0.717, 1.165) is 24.2 Å². The van der Waals surface area contributed by atoms with Crippen LogP contribution < -0.4 is 5.73 Å². The van der Waals surface area contributed by atoms with Crippen molar-refractivity contribution < 1.29 is 14.6 Å². The molecule has 1 aromatic heterocycles. The van der Waals surface area contributed by atoms with Gasteiger partial charge in [-0.2, -0.15) is 5.10 Å². The number of halogens is 1. The molecule has 1 aliphatic rings. The number of nitrogens with two attached hydrogens (primary N) is 1. The fourth-order valence-electron chi connectivity index (χ4n) is 3.45. The Bertz CT molecular complexity index is 780. The van der Waals surface area contributed by atoms with Crippen molar-refractivity contribution in [3.05, 3.63) is 47.0 Å². The van der Waals surface area contributed by atoms with Crippen molar-refractivity contribution in [2.75, 3.05) is 7.11 Å². The molecule has 0 amide bonds. The Morgan fingerprint density at radius 1 is 1.37 bits per heavy atom. The molecule has 1 aromatic carbocycles. The molecule has 0 saturated heterocycles. The van der Waals surface area contributed by atoms with E-state index >= 15 is 0 Å². The van der Waals surface area contributed by atoms with E-state index < -0.39 is 6.10 Å². The number of esters is 1. The summed E-state index contributed by atoms with van der Waals surface area (Å²) in [7, 11) is 1.35. The second-order valence-electron chi connectivity index (χ2n) is 6.96. The van der Waals surface area contributed by atoms with E-state index in [1.54, 1.807) is 0 Å². The summed E-state index contributed by atoms with van der Waals surface area (Å²) >= 11 is 0. The number of rotatable bonds is 5. The zero-order valence-electron chi connectivity index (χ0n) is 15.7. The third-order valence-corrected chi connectivity index (χ3v) is 5.09. The van der Waals surface area contributed by atoms with Crippen LogP contribution in [0.25, 0.3) is 0 Å². The van der Waals surface area contributed by atoms with Crippen LogP contribution in [0.4, 0.5) is 0 Å². The zero-order valence-corrected chi connectivity index (χ0v) is 16.5. The Morgan fingerprint density at radius 2 is 2.11 bits per heavy atom. The maximum absolute atomic E-state index is 11.6. The topological polar surface area (TPSA) is 103 Å². The minimum atomic E-state index is -0.540. The normalized spacial score (nSPS) is 22.1. The molecule has 0 unspecified atom stereocenters. The highest BCUT2D eigenvalue weighted by Crippen LogP contribution is 2.32. The number of aliphatic hydroxyl groups is 1. The molecule has 1 fully saturated rings. The van der Waals surface area contributed by atoms with Gasteiger partial charge < -0.3 is 15.6 Å². The number of nitrogens with zero attached hydrogens (tertiary/aromatic N) is 3. The van der Waals surface area contributed by atoms with E-state index in [1.165, 1.54) is 12.7 Å². The minimum absolute atomic E-state index is 0. The van der Waals surface area contributed by atoms with Gasteiger partial charge in [0.2, 0.25) is 0 Å². The van der Waals surface area contributed by atoms with E-state index in [-0.39, 0.29) is 36.8 Å². The molecule has 7 nitrogen and oxygen atoms in total. The van der Waals surface area contributed by atoms with E-state index in [4.69, 9.17) is 10.5 Å². The van der Waals surface area contributed by atoms with Gasteiger partial charge in [0, 0.05) is 12.0 Å². The first-order valence-corrected chi connectivity index (χ1v) is 8.96.